The second-order valence-corrected chi connectivity index (χ2v) is 11.4. The second-order valence-electron chi connectivity index (χ2n) is 11.4. The lowest BCUT2D eigenvalue weighted by Gasteiger charge is -2.36. The number of phenolic OH excluding ortho intramolecular Hbond substituents is 1. The number of aliphatic hydroxyl groups excluding tert-OH is 2. The third-order valence-electron chi connectivity index (χ3n) is 8.46. The van der Waals surface area contributed by atoms with Gasteiger partial charge in [-0.2, -0.15) is 0 Å². The monoisotopic (exact) mass is 572 g/mol. The van der Waals surface area contributed by atoms with Crippen LogP contribution in [-0.2, 0) is 25.9 Å². The van der Waals surface area contributed by atoms with E-state index in [4.69, 9.17) is 0 Å². The number of hydrogen-bond acceptors (Lipinski definition) is 4. The lowest BCUT2D eigenvalue weighted by Crippen LogP contribution is -2.50. The quantitative estimate of drug-likeness (QED) is 0.215. The highest BCUT2D eigenvalue weighted by Crippen LogP contribution is 2.30. The van der Waals surface area contributed by atoms with Gasteiger partial charge in [0, 0.05) is 13.1 Å². The summed E-state index contributed by atoms with van der Waals surface area (Å²) in [6, 6.07) is 39.0. The lowest BCUT2D eigenvalue weighted by molar-refractivity contribution is -0.0408. The summed E-state index contributed by atoms with van der Waals surface area (Å²) in [5.41, 5.74) is 3.70. The Hall–Kier alpha value is -4.65. The molecule has 1 fully saturated rings. The van der Waals surface area contributed by atoms with Crippen LogP contribution in [0.2, 0.25) is 0 Å². The fraction of sp³-hybridized carbons (Fsp3) is 0.216. The molecule has 3 N–H and O–H groups in total. The average Bonchev–Trinajstić information content (AvgIpc) is 3.10. The molecule has 1 aliphatic heterocycles. The number of rotatable bonds is 8. The molecule has 0 saturated carbocycles. The van der Waals surface area contributed by atoms with Gasteiger partial charge in [0.25, 0.3) is 0 Å². The summed E-state index contributed by atoms with van der Waals surface area (Å²) in [4.78, 5) is 18.2. The first-order valence-electron chi connectivity index (χ1n) is 14.7. The van der Waals surface area contributed by atoms with Gasteiger partial charge in [0.15, 0.2) is 0 Å². The zero-order valence-corrected chi connectivity index (χ0v) is 23.9. The van der Waals surface area contributed by atoms with Crippen molar-refractivity contribution in [2.75, 3.05) is 0 Å². The van der Waals surface area contributed by atoms with E-state index in [9.17, 15) is 20.1 Å². The van der Waals surface area contributed by atoms with Crippen molar-refractivity contribution in [1.82, 2.24) is 9.80 Å². The highest BCUT2D eigenvalue weighted by Gasteiger charge is 2.46. The number of nitrogens with zero attached hydrogens (tertiary/aromatic N) is 2. The van der Waals surface area contributed by atoms with Gasteiger partial charge in [0.2, 0.25) is 0 Å². The van der Waals surface area contributed by atoms with Crippen molar-refractivity contribution in [3.05, 3.63) is 150 Å². The normalized spacial score (nSPS) is 20.7. The molecule has 1 heterocycles. The van der Waals surface area contributed by atoms with Gasteiger partial charge in [-0.05, 0) is 64.1 Å². The van der Waals surface area contributed by atoms with Crippen LogP contribution >= 0.6 is 0 Å². The molecule has 0 bridgehead atoms. The SMILES string of the molecule is O=C1N(Cc2ccc(O)cc2)[C@H](Cc2ccccc2)[C@H](O)[C@@H](O)[C@@H](Cc2ccccc2)N1Cc1ccc2ccccc2c1. The van der Waals surface area contributed by atoms with E-state index >= 15 is 0 Å². The van der Waals surface area contributed by atoms with Crippen molar-refractivity contribution in [3.8, 4) is 5.75 Å². The number of benzene rings is 5. The molecule has 1 aliphatic rings. The number of phenols is 1. The molecular formula is C37H36N2O4. The molecule has 0 aromatic heterocycles. The molecule has 5 aromatic carbocycles. The summed E-state index contributed by atoms with van der Waals surface area (Å²) in [6.45, 7) is 0.488. The summed E-state index contributed by atoms with van der Waals surface area (Å²) < 4.78 is 0. The minimum atomic E-state index is -1.20. The van der Waals surface area contributed by atoms with E-state index in [0.717, 1.165) is 33.0 Å². The maximum atomic E-state index is 14.8. The molecule has 6 nitrogen and oxygen atoms in total. The minimum absolute atomic E-state index is 0.142. The van der Waals surface area contributed by atoms with E-state index in [-0.39, 0.29) is 24.9 Å². The zero-order valence-electron chi connectivity index (χ0n) is 23.9. The van der Waals surface area contributed by atoms with Crippen LogP contribution in [0.4, 0.5) is 4.79 Å². The summed E-state index contributed by atoms with van der Waals surface area (Å²) in [6.07, 6.45) is -1.62. The number of aliphatic hydroxyl groups is 2. The molecule has 6 rings (SSSR count). The number of fused-ring (bicyclic) bond motifs is 1. The van der Waals surface area contributed by atoms with Crippen LogP contribution in [0, 0.1) is 0 Å². The largest absolute Gasteiger partial charge is 0.508 e. The Bertz CT molecular complexity index is 1660. The molecule has 0 spiro atoms. The smallest absolute Gasteiger partial charge is 0.321 e. The Labute approximate surface area is 252 Å². The number of urea groups is 1. The predicted molar refractivity (Wildman–Crippen MR) is 168 cm³/mol. The fourth-order valence-electron chi connectivity index (χ4n) is 6.15. The van der Waals surface area contributed by atoms with Crippen LogP contribution in [0.25, 0.3) is 10.8 Å². The lowest BCUT2D eigenvalue weighted by atomic mass is 9.91. The molecule has 0 unspecified atom stereocenters. The first-order chi connectivity index (χ1) is 21.0. The molecule has 6 heteroatoms. The highest BCUT2D eigenvalue weighted by molar-refractivity contribution is 5.83. The summed E-state index contributed by atoms with van der Waals surface area (Å²) in [5, 5.41) is 35.8. The van der Waals surface area contributed by atoms with Crippen molar-refractivity contribution in [3.63, 3.8) is 0 Å². The Morgan fingerprint density at radius 3 is 1.53 bits per heavy atom. The summed E-state index contributed by atoms with van der Waals surface area (Å²) in [5.74, 6) is 0.142. The van der Waals surface area contributed by atoms with Crippen LogP contribution in [0.1, 0.15) is 22.3 Å². The van der Waals surface area contributed by atoms with Crippen molar-refractivity contribution >= 4 is 16.8 Å². The molecule has 43 heavy (non-hydrogen) atoms. The molecule has 0 radical (unpaired) electrons. The molecule has 4 atom stereocenters. The van der Waals surface area contributed by atoms with Crippen LogP contribution in [0.15, 0.2) is 127 Å². The van der Waals surface area contributed by atoms with Gasteiger partial charge >= 0.3 is 6.03 Å². The van der Waals surface area contributed by atoms with Gasteiger partial charge in [-0.3, -0.25) is 0 Å². The average molecular weight is 573 g/mol. The van der Waals surface area contributed by atoms with E-state index in [1.165, 1.54) is 0 Å². The predicted octanol–water partition coefficient (Wildman–Crippen LogP) is 5.93. The third-order valence-corrected chi connectivity index (χ3v) is 8.46. The number of hydrogen-bond donors (Lipinski definition) is 3. The number of carbonyl (C=O) groups is 1. The number of aromatic hydroxyl groups is 1. The van der Waals surface area contributed by atoms with Crippen molar-refractivity contribution in [2.24, 2.45) is 0 Å². The Balaban J connectivity index is 1.43. The Morgan fingerprint density at radius 1 is 0.512 bits per heavy atom. The maximum Gasteiger partial charge on any atom is 0.321 e. The van der Waals surface area contributed by atoms with Gasteiger partial charge in [0.05, 0.1) is 12.1 Å². The number of carbonyl (C=O) groups excluding carboxylic acids is 1. The standard InChI is InChI=1S/C37H36N2O4/c40-32-19-16-28(17-20-32)24-38-33(22-26-9-3-1-4-10-26)35(41)36(42)34(23-27-11-5-2-6-12-27)39(37(38)43)25-29-15-18-30-13-7-8-14-31(30)21-29/h1-21,33-36,40-42H,22-25H2/t33-,34-,35+,36+/m1/s1. The topological polar surface area (TPSA) is 84.2 Å². The molecule has 218 valence electrons. The van der Waals surface area contributed by atoms with Gasteiger partial charge in [0.1, 0.15) is 18.0 Å². The molecule has 1 saturated heterocycles. The van der Waals surface area contributed by atoms with E-state index in [1.54, 1.807) is 34.1 Å². The van der Waals surface area contributed by atoms with Crippen LogP contribution in [0.5, 0.6) is 5.75 Å². The molecule has 5 aromatic rings. The first kappa shape index (κ1) is 28.5. The van der Waals surface area contributed by atoms with Crippen molar-refractivity contribution < 1.29 is 20.1 Å². The zero-order chi connectivity index (χ0) is 29.8. The minimum Gasteiger partial charge on any atom is -0.508 e. The van der Waals surface area contributed by atoms with Gasteiger partial charge < -0.3 is 25.1 Å². The highest BCUT2D eigenvalue weighted by atomic mass is 16.3. The Morgan fingerprint density at radius 2 is 0.977 bits per heavy atom. The van der Waals surface area contributed by atoms with Crippen LogP contribution < -0.4 is 0 Å². The Kier molecular flexibility index (Phi) is 8.40. The first-order valence-corrected chi connectivity index (χ1v) is 14.7. The van der Waals surface area contributed by atoms with E-state index in [0.29, 0.717) is 12.8 Å². The van der Waals surface area contributed by atoms with E-state index in [2.05, 4.69) is 24.3 Å². The fourth-order valence-corrected chi connectivity index (χ4v) is 6.15. The van der Waals surface area contributed by atoms with Crippen LogP contribution in [0.3, 0.4) is 0 Å². The van der Waals surface area contributed by atoms with Gasteiger partial charge in [-0.1, -0.05) is 109 Å². The summed E-state index contributed by atoms with van der Waals surface area (Å²) in [7, 11) is 0. The second kappa shape index (κ2) is 12.7. The number of amides is 2. The van der Waals surface area contributed by atoms with Gasteiger partial charge in [-0.15, -0.1) is 0 Å². The molecule has 0 aliphatic carbocycles. The summed E-state index contributed by atoms with van der Waals surface area (Å²) >= 11 is 0. The molecule has 2 amide bonds. The van der Waals surface area contributed by atoms with Crippen molar-refractivity contribution in [1.29, 1.82) is 0 Å². The van der Waals surface area contributed by atoms with Gasteiger partial charge in [-0.25, -0.2) is 4.79 Å². The van der Waals surface area contributed by atoms with E-state index in [1.807, 2.05) is 78.9 Å². The maximum absolute atomic E-state index is 14.8. The third kappa shape index (κ3) is 6.41. The molecular weight excluding hydrogens is 536 g/mol. The van der Waals surface area contributed by atoms with Crippen LogP contribution in [-0.4, -0.2) is 55.4 Å². The van der Waals surface area contributed by atoms with Crippen molar-refractivity contribution in [2.45, 2.75) is 50.2 Å². The van der Waals surface area contributed by atoms with E-state index < -0.39 is 24.3 Å².